The van der Waals surface area contributed by atoms with Crippen LogP contribution >= 0.6 is 0 Å². The topological polar surface area (TPSA) is 81.8 Å². The van der Waals surface area contributed by atoms with E-state index in [9.17, 15) is 14.4 Å². The van der Waals surface area contributed by atoms with Crippen molar-refractivity contribution in [3.63, 3.8) is 0 Å². The number of hydrogen-bond donors (Lipinski definition) is 2. The third-order valence-electron chi connectivity index (χ3n) is 5.94. The molecule has 0 aromatic heterocycles. The molecule has 3 rings (SSSR count). The van der Waals surface area contributed by atoms with E-state index in [4.69, 9.17) is 0 Å². The molecule has 7 nitrogen and oxygen atoms in total. The van der Waals surface area contributed by atoms with Gasteiger partial charge in [-0.3, -0.25) is 14.5 Å². The summed E-state index contributed by atoms with van der Waals surface area (Å²) in [4.78, 5) is 41.3. The highest BCUT2D eigenvalue weighted by atomic mass is 16.2. The predicted molar refractivity (Wildman–Crippen MR) is 117 cm³/mol. The van der Waals surface area contributed by atoms with Crippen molar-refractivity contribution in [2.75, 3.05) is 31.5 Å². The maximum atomic E-state index is 13.0. The molecule has 30 heavy (non-hydrogen) atoms. The van der Waals surface area contributed by atoms with Crippen LogP contribution in [0.25, 0.3) is 0 Å². The van der Waals surface area contributed by atoms with Gasteiger partial charge in [0.15, 0.2) is 0 Å². The van der Waals surface area contributed by atoms with Gasteiger partial charge in [-0.15, -0.1) is 0 Å². The molecule has 0 unspecified atom stereocenters. The van der Waals surface area contributed by atoms with Gasteiger partial charge in [0.05, 0.1) is 0 Å². The maximum Gasteiger partial charge on any atom is 0.325 e. The van der Waals surface area contributed by atoms with Gasteiger partial charge in [0.1, 0.15) is 12.1 Å². The fourth-order valence-electron chi connectivity index (χ4n) is 4.27. The Hall–Kier alpha value is -2.41. The number of imide groups is 1. The van der Waals surface area contributed by atoms with Crippen molar-refractivity contribution < 1.29 is 14.4 Å². The zero-order valence-electron chi connectivity index (χ0n) is 18.4. The molecule has 164 valence electrons. The molecule has 0 atom stereocenters. The summed E-state index contributed by atoms with van der Waals surface area (Å²) in [7, 11) is 0. The third-order valence-corrected chi connectivity index (χ3v) is 5.94. The molecule has 0 bridgehead atoms. The van der Waals surface area contributed by atoms with E-state index in [2.05, 4.69) is 36.3 Å². The Balaban J connectivity index is 1.54. The summed E-state index contributed by atoms with van der Waals surface area (Å²) in [6, 6.07) is 7.25. The van der Waals surface area contributed by atoms with Gasteiger partial charge < -0.3 is 15.5 Å². The monoisotopic (exact) mass is 414 g/mol. The number of unbranched alkanes of at least 4 members (excludes halogenated alkanes) is 1. The minimum Gasteiger partial charge on any atom is -0.325 e. The second-order valence-electron chi connectivity index (χ2n) is 8.95. The Bertz CT molecular complexity index is 767. The number of rotatable bonds is 8. The average Bonchev–Trinajstić information content (AvgIpc) is 2.93. The normalized spacial score (nSPS) is 18.9. The fraction of sp³-hybridized carbons (Fsp3) is 0.609. The van der Waals surface area contributed by atoms with E-state index in [1.165, 1.54) is 5.56 Å². The first kappa shape index (κ1) is 22.3. The molecule has 0 aliphatic carbocycles. The first-order valence-corrected chi connectivity index (χ1v) is 11.1. The van der Waals surface area contributed by atoms with E-state index in [-0.39, 0.29) is 18.4 Å². The second-order valence-corrected chi connectivity index (χ2v) is 8.95. The molecule has 2 aliphatic heterocycles. The largest absolute Gasteiger partial charge is 0.325 e. The van der Waals surface area contributed by atoms with Crippen molar-refractivity contribution >= 4 is 23.5 Å². The zero-order valence-corrected chi connectivity index (χ0v) is 18.4. The van der Waals surface area contributed by atoms with Crippen molar-refractivity contribution in [2.45, 2.75) is 58.4 Å². The number of likely N-dealkylation sites (tertiary alicyclic amines) is 1. The summed E-state index contributed by atoms with van der Waals surface area (Å²) >= 11 is 0. The summed E-state index contributed by atoms with van der Waals surface area (Å²) in [6.45, 7) is 8.77. The molecule has 2 N–H and O–H groups in total. The molecular weight excluding hydrogens is 380 g/mol. The molecule has 7 heteroatoms. The van der Waals surface area contributed by atoms with Crippen LogP contribution in [-0.4, -0.2) is 59.4 Å². The first-order valence-electron chi connectivity index (χ1n) is 11.1. The van der Waals surface area contributed by atoms with Crippen molar-refractivity contribution in [3.8, 4) is 0 Å². The molecule has 1 aromatic rings. The van der Waals surface area contributed by atoms with Crippen LogP contribution in [0.1, 0.15) is 52.0 Å². The second kappa shape index (κ2) is 9.60. The highest BCUT2D eigenvalue weighted by Gasteiger charge is 2.52. The van der Waals surface area contributed by atoms with E-state index in [0.717, 1.165) is 43.8 Å². The smallest absolute Gasteiger partial charge is 0.325 e. The number of carbonyl (C=O) groups is 3. The summed E-state index contributed by atoms with van der Waals surface area (Å²) in [5.74, 6) is -0.0790. The van der Waals surface area contributed by atoms with Crippen LogP contribution in [-0.2, 0) is 16.0 Å². The average molecular weight is 415 g/mol. The molecule has 0 saturated carbocycles. The van der Waals surface area contributed by atoms with Crippen molar-refractivity contribution in [2.24, 2.45) is 5.92 Å². The van der Waals surface area contributed by atoms with Crippen molar-refractivity contribution in [1.82, 2.24) is 15.1 Å². The number of anilines is 1. The molecular formula is C23H34N4O3. The van der Waals surface area contributed by atoms with E-state index >= 15 is 0 Å². The lowest BCUT2D eigenvalue weighted by Gasteiger charge is -2.37. The standard InChI is InChI=1S/C23H34N4O3/c1-4-5-6-18-7-9-19(10-8-18)24-20(28)16-27-21(29)23(25-22(27)30)11-13-26(14-12-23)15-17(2)3/h7-10,17H,4-6,11-16H2,1-3H3,(H,24,28)(H,25,30). The van der Waals surface area contributed by atoms with E-state index in [1.807, 2.05) is 24.3 Å². The Morgan fingerprint density at radius 2 is 1.83 bits per heavy atom. The van der Waals surface area contributed by atoms with Gasteiger partial charge in [0.25, 0.3) is 5.91 Å². The van der Waals surface area contributed by atoms with Crippen LogP contribution in [0.5, 0.6) is 0 Å². The lowest BCUT2D eigenvalue weighted by molar-refractivity contribution is -0.135. The fourth-order valence-corrected chi connectivity index (χ4v) is 4.27. The molecule has 0 radical (unpaired) electrons. The quantitative estimate of drug-likeness (QED) is 0.641. The van der Waals surface area contributed by atoms with Gasteiger partial charge in [-0.2, -0.15) is 0 Å². The molecule has 2 fully saturated rings. The lowest BCUT2D eigenvalue weighted by atomic mass is 9.87. The van der Waals surface area contributed by atoms with Crippen LogP contribution in [0, 0.1) is 5.92 Å². The Labute approximate surface area is 179 Å². The number of nitrogens with one attached hydrogen (secondary N) is 2. The highest BCUT2D eigenvalue weighted by molar-refractivity contribution is 6.10. The van der Waals surface area contributed by atoms with E-state index in [0.29, 0.717) is 24.4 Å². The number of benzene rings is 1. The number of aryl methyl sites for hydroxylation is 1. The molecule has 2 heterocycles. The summed E-state index contributed by atoms with van der Waals surface area (Å²) in [5.41, 5.74) is 1.05. The van der Waals surface area contributed by atoms with Crippen LogP contribution in [0.15, 0.2) is 24.3 Å². The number of piperidine rings is 1. The zero-order chi connectivity index (χ0) is 21.7. The Kier molecular flexibility index (Phi) is 7.13. The van der Waals surface area contributed by atoms with E-state index < -0.39 is 11.6 Å². The van der Waals surface area contributed by atoms with Crippen molar-refractivity contribution in [3.05, 3.63) is 29.8 Å². The van der Waals surface area contributed by atoms with Gasteiger partial charge in [-0.05, 0) is 49.3 Å². The minimum absolute atomic E-state index is 0.264. The number of hydrogen-bond acceptors (Lipinski definition) is 4. The number of carbonyl (C=O) groups excluding carboxylic acids is 3. The van der Waals surface area contributed by atoms with Crippen LogP contribution < -0.4 is 10.6 Å². The highest BCUT2D eigenvalue weighted by Crippen LogP contribution is 2.29. The number of nitrogens with zero attached hydrogens (tertiary/aromatic N) is 2. The van der Waals surface area contributed by atoms with Crippen molar-refractivity contribution in [1.29, 1.82) is 0 Å². The Morgan fingerprint density at radius 3 is 2.43 bits per heavy atom. The minimum atomic E-state index is -0.855. The molecule has 1 aromatic carbocycles. The lowest BCUT2D eigenvalue weighted by Crippen LogP contribution is -2.55. The van der Waals surface area contributed by atoms with Crippen LogP contribution in [0.4, 0.5) is 10.5 Å². The number of amides is 4. The first-order chi connectivity index (χ1) is 14.3. The molecule has 4 amide bonds. The Morgan fingerprint density at radius 1 is 1.17 bits per heavy atom. The van der Waals surface area contributed by atoms with Gasteiger partial charge in [-0.25, -0.2) is 4.79 Å². The predicted octanol–water partition coefficient (Wildman–Crippen LogP) is 3.01. The number of urea groups is 1. The summed E-state index contributed by atoms with van der Waals surface area (Å²) < 4.78 is 0. The van der Waals surface area contributed by atoms with Crippen LogP contribution in [0.3, 0.4) is 0 Å². The summed E-state index contributed by atoms with van der Waals surface area (Å²) in [6.07, 6.45) is 4.46. The molecule has 1 spiro atoms. The molecule has 2 saturated heterocycles. The SMILES string of the molecule is CCCCc1ccc(NC(=O)CN2C(=O)NC3(CCN(CC(C)C)CC3)C2=O)cc1. The van der Waals surface area contributed by atoms with E-state index in [1.54, 1.807) is 0 Å². The van der Waals surface area contributed by atoms with Crippen LogP contribution in [0.2, 0.25) is 0 Å². The van der Waals surface area contributed by atoms with Gasteiger partial charge in [0.2, 0.25) is 5.91 Å². The maximum absolute atomic E-state index is 13.0. The summed E-state index contributed by atoms with van der Waals surface area (Å²) in [5, 5.41) is 5.66. The molecule has 2 aliphatic rings. The van der Waals surface area contributed by atoms with Gasteiger partial charge in [0, 0.05) is 25.3 Å². The third kappa shape index (κ3) is 5.19. The van der Waals surface area contributed by atoms with Gasteiger partial charge in [-0.1, -0.05) is 39.3 Å². The van der Waals surface area contributed by atoms with Gasteiger partial charge >= 0.3 is 6.03 Å².